The first-order valence-electron chi connectivity index (χ1n) is 6.51. The quantitative estimate of drug-likeness (QED) is 0.424. The zero-order valence-corrected chi connectivity index (χ0v) is 13.5. The van der Waals surface area contributed by atoms with Crippen molar-refractivity contribution in [1.29, 1.82) is 0 Å². The van der Waals surface area contributed by atoms with E-state index in [4.69, 9.17) is 13.9 Å². The molecule has 0 heterocycles. The van der Waals surface area contributed by atoms with E-state index in [1.54, 1.807) is 0 Å². The van der Waals surface area contributed by atoms with Crippen molar-refractivity contribution < 1.29 is 18.7 Å². The molecule has 1 rings (SSSR count). The van der Waals surface area contributed by atoms with Crippen LogP contribution in [-0.2, 0) is 18.7 Å². The average molecular weight is 274 g/mol. The number of methoxy groups -OCH3 is 1. The molecular formula is C13H26O4Si. The third-order valence-corrected chi connectivity index (χ3v) is 8.53. The summed E-state index contributed by atoms with van der Waals surface area (Å²) in [5, 5.41) is 0.201. The second-order valence-corrected chi connectivity index (χ2v) is 11.3. The molecule has 0 amide bonds. The van der Waals surface area contributed by atoms with Gasteiger partial charge in [0.05, 0.1) is 20.3 Å². The Balaban J connectivity index is 2.30. The van der Waals surface area contributed by atoms with Gasteiger partial charge < -0.3 is 13.9 Å². The van der Waals surface area contributed by atoms with E-state index >= 15 is 0 Å². The zero-order chi connectivity index (χ0) is 14.0. The van der Waals surface area contributed by atoms with Crippen molar-refractivity contribution in [3.8, 4) is 0 Å². The number of hydrogen-bond donors (Lipinski definition) is 0. The number of carbonyl (C=O) groups excluding carboxylic acids is 1. The Labute approximate surface area is 111 Å². The molecule has 0 aliphatic heterocycles. The summed E-state index contributed by atoms with van der Waals surface area (Å²) in [6.07, 6.45) is 1.53. The van der Waals surface area contributed by atoms with Crippen molar-refractivity contribution in [3.63, 3.8) is 0 Å². The predicted molar refractivity (Wildman–Crippen MR) is 73.1 cm³/mol. The van der Waals surface area contributed by atoms with E-state index in [9.17, 15) is 4.79 Å². The lowest BCUT2D eigenvalue weighted by atomic mass is 10.2. The van der Waals surface area contributed by atoms with Crippen LogP contribution in [0.1, 0.15) is 33.6 Å². The second kappa shape index (κ2) is 5.31. The fourth-order valence-corrected chi connectivity index (χ4v) is 2.48. The van der Waals surface area contributed by atoms with Crippen LogP contribution in [0.3, 0.4) is 0 Å². The van der Waals surface area contributed by atoms with Gasteiger partial charge in [-0.15, -0.1) is 0 Å². The van der Waals surface area contributed by atoms with E-state index < -0.39 is 13.9 Å². The molecule has 106 valence electrons. The van der Waals surface area contributed by atoms with Gasteiger partial charge in [-0.2, -0.15) is 0 Å². The largest absolute Gasteiger partial charge is 0.467 e. The number of esters is 1. The van der Waals surface area contributed by atoms with Crippen LogP contribution in [-0.4, -0.2) is 40.2 Å². The van der Waals surface area contributed by atoms with E-state index in [0.717, 1.165) is 12.8 Å². The molecule has 0 unspecified atom stereocenters. The Morgan fingerprint density at radius 3 is 2.17 bits per heavy atom. The van der Waals surface area contributed by atoms with Gasteiger partial charge in [-0.1, -0.05) is 20.8 Å². The van der Waals surface area contributed by atoms with Crippen molar-refractivity contribution in [1.82, 2.24) is 0 Å². The molecule has 4 nitrogen and oxygen atoms in total. The highest BCUT2D eigenvalue weighted by molar-refractivity contribution is 6.74. The van der Waals surface area contributed by atoms with Crippen molar-refractivity contribution in [2.45, 2.75) is 57.3 Å². The first-order valence-corrected chi connectivity index (χ1v) is 9.42. The van der Waals surface area contributed by atoms with E-state index in [1.165, 1.54) is 7.11 Å². The van der Waals surface area contributed by atoms with Crippen molar-refractivity contribution >= 4 is 14.3 Å². The molecule has 0 atom stereocenters. The average Bonchev–Trinajstić information content (AvgIpc) is 3.03. The molecule has 1 aliphatic rings. The van der Waals surface area contributed by atoms with Gasteiger partial charge in [-0.25, -0.2) is 4.79 Å². The Morgan fingerprint density at radius 2 is 1.78 bits per heavy atom. The molecule has 5 heteroatoms. The number of hydrogen-bond acceptors (Lipinski definition) is 4. The third-order valence-electron chi connectivity index (χ3n) is 3.99. The maximum Gasteiger partial charge on any atom is 0.338 e. The molecule has 1 aliphatic carbocycles. The lowest BCUT2D eigenvalue weighted by Gasteiger charge is -2.36. The van der Waals surface area contributed by atoms with Crippen LogP contribution in [0.5, 0.6) is 0 Å². The smallest absolute Gasteiger partial charge is 0.338 e. The molecule has 0 aromatic carbocycles. The maximum atomic E-state index is 11.5. The SMILES string of the molecule is COC(=O)C1(OCCO[Si](C)(C)C(C)(C)C)CC1. The van der Waals surface area contributed by atoms with Crippen molar-refractivity contribution in [3.05, 3.63) is 0 Å². The standard InChI is InChI=1S/C13H26O4Si/c1-12(2,3)18(5,6)17-10-9-16-13(7-8-13)11(14)15-4/h7-10H2,1-6H3. The summed E-state index contributed by atoms with van der Waals surface area (Å²) in [5.41, 5.74) is -0.661. The van der Waals surface area contributed by atoms with E-state index in [2.05, 4.69) is 33.9 Å². The van der Waals surface area contributed by atoms with Gasteiger partial charge in [0.15, 0.2) is 13.9 Å². The Kier molecular flexibility index (Phi) is 4.62. The van der Waals surface area contributed by atoms with Gasteiger partial charge in [-0.05, 0) is 31.0 Å². The molecule has 0 spiro atoms. The van der Waals surface area contributed by atoms with Crippen LogP contribution in [0.15, 0.2) is 0 Å². The molecule has 0 saturated heterocycles. The summed E-state index contributed by atoms with van der Waals surface area (Å²) in [6.45, 7) is 12.0. The highest BCUT2D eigenvalue weighted by Gasteiger charge is 2.52. The molecule has 18 heavy (non-hydrogen) atoms. The fraction of sp³-hybridized carbons (Fsp3) is 0.923. The number of ether oxygens (including phenoxy) is 2. The predicted octanol–water partition coefficient (Wildman–Crippen LogP) is 2.73. The van der Waals surface area contributed by atoms with Crippen LogP contribution >= 0.6 is 0 Å². The summed E-state index contributed by atoms with van der Waals surface area (Å²) in [4.78, 5) is 11.5. The summed E-state index contributed by atoms with van der Waals surface area (Å²) < 4.78 is 16.3. The first kappa shape index (κ1) is 15.7. The first-order chi connectivity index (χ1) is 8.15. The van der Waals surface area contributed by atoms with Crippen LogP contribution < -0.4 is 0 Å². The fourth-order valence-electron chi connectivity index (χ4n) is 1.46. The van der Waals surface area contributed by atoms with Crippen LogP contribution in [0.2, 0.25) is 18.1 Å². The summed E-state index contributed by atoms with van der Waals surface area (Å²) >= 11 is 0. The van der Waals surface area contributed by atoms with Crippen molar-refractivity contribution in [2.24, 2.45) is 0 Å². The van der Waals surface area contributed by atoms with Gasteiger partial charge in [0.1, 0.15) is 0 Å². The highest BCUT2D eigenvalue weighted by Crippen LogP contribution is 2.41. The normalized spacial score (nSPS) is 18.6. The summed E-state index contributed by atoms with van der Waals surface area (Å²) in [5.74, 6) is -0.255. The minimum Gasteiger partial charge on any atom is -0.467 e. The molecular weight excluding hydrogens is 248 g/mol. The summed E-state index contributed by atoms with van der Waals surface area (Å²) in [6, 6.07) is 0. The molecule has 0 aromatic rings. The number of rotatable bonds is 6. The van der Waals surface area contributed by atoms with Gasteiger partial charge >= 0.3 is 5.97 Å². The van der Waals surface area contributed by atoms with E-state index in [0.29, 0.717) is 13.2 Å². The maximum absolute atomic E-state index is 11.5. The lowest BCUT2D eigenvalue weighted by Crippen LogP contribution is -2.42. The number of carbonyl (C=O) groups is 1. The van der Waals surface area contributed by atoms with Crippen molar-refractivity contribution in [2.75, 3.05) is 20.3 Å². The Bertz CT molecular complexity index is 303. The lowest BCUT2D eigenvalue weighted by molar-refractivity contribution is -0.157. The minimum atomic E-state index is -1.71. The highest BCUT2D eigenvalue weighted by atomic mass is 28.4. The van der Waals surface area contributed by atoms with Gasteiger partial charge in [0, 0.05) is 0 Å². The third kappa shape index (κ3) is 3.55. The van der Waals surface area contributed by atoms with Crippen LogP contribution in [0, 0.1) is 0 Å². The van der Waals surface area contributed by atoms with E-state index in [-0.39, 0.29) is 11.0 Å². The molecule has 0 radical (unpaired) electrons. The Hall–Kier alpha value is -0.393. The molecule has 1 fully saturated rings. The zero-order valence-electron chi connectivity index (χ0n) is 12.5. The topological polar surface area (TPSA) is 44.8 Å². The Morgan fingerprint density at radius 1 is 1.22 bits per heavy atom. The minimum absolute atomic E-state index is 0.201. The molecule has 0 aromatic heterocycles. The molecule has 1 saturated carbocycles. The second-order valence-electron chi connectivity index (χ2n) is 6.44. The van der Waals surface area contributed by atoms with Gasteiger partial charge in [0.2, 0.25) is 0 Å². The monoisotopic (exact) mass is 274 g/mol. The van der Waals surface area contributed by atoms with Gasteiger partial charge in [-0.3, -0.25) is 0 Å². The van der Waals surface area contributed by atoms with E-state index in [1.807, 2.05) is 0 Å². The molecule has 0 bridgehead atoms. The van der Waals surface area contributed by atoms with Crippen LogP contribution in [0.4, 0.5) is 0 Å². The summed E-state index contributed by atoms with van der Waals surface area (Å²) in [7, 11) is -0.312. The molecule has 0 N–H and O–H groups in total. The van der Waals surface area contributed by atoms with Crippen LogP contribution in [0.25, 0.3) is 0 Å². The van der Waals surface area contributed by atoms with Gasteiger partial charge in [0.25, 0.3) is 0 Å².